The Kier molecular flexibility index (Phi) is 5.25. The Morgan fingerprint density at radius 3 is 2.34 bits per heavy atom. The first-order valence-electron chi connectivity index (χ1n) is 11.5. The summed E-state index contributed by atoms with van der Waals surface area (Å²) >= 11 is 0. The minimum absolute atomic E-state index is 0.110. The molecule has 2 aliphatic carbocycles. The highest BCUT2D eigenvalue weighted by Gasteiger charge is 2.39. The Labute approximate surface area is 176 Å². The van der Waals surface area contributed by atoms with Crippen LogP contribution < -0.4 is 0 Å². The van der Waals surface area contributed by atoms with Gasteiger partial charge in [-0.2, -0.15) is 0 Å². The van der Waals surface area contributed by atoms with E-state index in [-0.39, 0.29) is 5.41 Å². The van der Waals surface area contributed by atoms with E-state index in [0.717, 1.165) is 30.0 Å². The lowest BCUT2D eigenvalue weighted by atomic mass is 9.82. The van der Waals surface area contributed by atoms with Crippen molar-refractivity contribution in [2.45, 2.75) is 96.9 Å². The lowest BCUT2D eigenvalue weighted by Crippen LogP contribution is -2.17. The molecule has 2 fully saturated rings. The maximum absolute atomic E-state index is 11.8. The summed E-state index contributed by atoms with van der Waals surface area (Å²) in [5.41, 5.74) is 7.79. The van der Waals surface area contributed by atoms with Crippen LogP contribution in [0, 0.1) is 12.8 Å². The molecule has 2 heteroatoms. The number of carbonyl (C=O) groups excluding carboxylic acids is 1. The summed E-state index contributed by atoms with van der Waals surface area (Å²) in [6.45, 7) is 12.5. The van der Waals surface area contributed by atoms with Gasteiger partial charge in [-0.15, -0.1) is 0 Å². The number of rotatable bonds is 5. The fourth-order valence-electron chi connectivity index (χ4n) is 4.92. The summed E-state index contributed by atoms with van der Waals surface area (Å²) in [6, 6.07) is 9.34. The number of aromatic nitrogens is 1. The molecule has 156 valence electrons. The zero-order valence-corrected chi connectivity index (χ0v) is 19.0. The van der Waals surface area contributed by atoms with Crippen molar-refractivity contribution in [2.75, 3.05) is 0 Å². The average Bonchev–Trinajstić information content (AvgIpc) is 3.38. The zero-order chi connectivity index (χ0) is 20.8. The van der Waals surface area contributed by atoms with E-state index in [2.05, 4.69) is 63.5 Å². The van der Waals surface area contributed by atoms with Crippen molar-refractivity contribution in [3.63, 3.8) is 0 Å². The lowest BCUT2D eigenvalue weighted by molar-refractivity contribution is 0.112. The molecule has 0 aliphatic heterocycles. The van der Waals surface area contributed by atoms with Gasteiger partial charge in [0.05, 0.1) is 0 Å². The molecule has 0 unspecified atom stereocenters. The summed E-state index contributed by atoms with van der Waals surface area (Å²) in [5, 5.41) is 0. The van der Waals surface area contributed by atoms with Crippen molar-refractivity contribution in [1.82, 2.24) is 4.57 Å². The monoisotopic (exact) mass is 391 g/mol. The predicted octanol–water partition coefficient (Wildman–Crippen LogP) is 7.21. The SMILES string of the molecule is Cc1c(C=O)cc(-c2cc(C(C)(C)C)cc(C3(C)CC3)c2)n1CC1CCCCC1. The van der Waals surface area contributed by atoms with Gasteiger partial charge in [0.2, 0.25) is 0 Å². The maximum atomic E-state index is 11.8. The Morgan fingerprint density at radius 1 is 1.07 bits per heavy atom. The van der Waals surface area contributed by atoms with Gasteiger partial charge >= 0.3 is 0 Å². The van der Waals surface area contributed by atoms with Crippen molar-refractivity contribution >= 4 is 6.29 Å². The number of hydrogen-bond acceptors (Lipinski definition) is 1. The summed E-state index contributed by atoms with van der Waals surface area (Å²) in [5.74, 6) is 0.735. The highest BCUT2D eigenvalue weighted by Crippen LogP contribution is 2.49. The van der Waals surface area contributed by atoms with Crippen LogP contribution in [0.4, 0.5) is 0 Å². The van der Waals surface area contributed by atoms with Gasteiger partial charge in [-0.1, -0.05) is 53.0 Å². The normalized spacial score (nSPS) is 19.3. The third kappa shape index (κ3) is 4.09. The Balaban J connectivity index is 1.82. The molecule has 0 bridgehead atoms. The standard InChI is InChI=1S/C27H37NO/c1-19-22(18-29)15-25(28(19)17-20-9-7-6-8-10-20)21-13-23(26(2,3)4)16-24(14-21)27(5)11-12-27/h13-16,18,20H,6-12,17H2,1-5H3. The number of benzene rings is 1. The van der Waals surface area contributed by atoms with Gasteiger partial charge in [-0.3, -0.25) is 4.79 Å². The van der Waals surface area contributed by atoms with Crippen molar-refractivity contribution in [2.24, 2.45) is 5.92 Å². The van der Waals surface area contributed by atoms with Crippen molar-refractivity contribution in [3.05, 3.63) is 46.6 Å². The predicted molar refractivity (Wildman–Crippen MR) is 122 cm³/mol. The summed E-state index contributed by atoms with van der Waals surface area (Å²) in [6.07, 6.45) is 10.3. The van der Waals surface area contributed by atoms with E-state index in [1.54, 1.807) is 0 Å². The first-order valence-corrected chi connectivity index (χ1v) is 11.5. The van der Waals surface area contributed by atoms with E-state index >= 15 is 0 Å². The first-order chi connectivity index (χ1) is 13.7. The van der Waals surface area contributed by atoms with Crippen LogP contribution in [0.2, 0.25) is 0 Å². The fraction of sp³-hybridized carbons (Fsp3) is 0.593. The van der Waals surface area contributed by atoms with Gasteiger partial charge in [-0.25, -0.2) is 0 Å². The third-order valence-corrected chi connectivity index (χ3v) is 7.49. The summed E-state index contributed by atoms with van der Waals surface area (Å²) < 4.78 is 2.44. The van der Waals surface area contributed by atoms with Gasteiger partial charge in [0.25, 0.3) is 0 Å². The van der Waals surface area contributed by atoms with E-state index in [0.29, 0.717) is 5.41 Å². The van der Waals surface area contributed by atoms with Gasteiger partial charge in [0.15, 0.2) is 6.29 Å². The molecule has 2 aliphatic rings. The molecule has 2 nitrogen and oxygen atoms in total. The molecule has 0 N–H and O–H groups in total. The lowest BCUT2D eigenvalue weighted by Gasteiger charge is -2.26. The molecule has 1 heterocycles. The molecule has 1 aromatic carbocycles. The average molecular weight is 392 g/mol. The van der Waals surface area contributed by atoms with Crippen LogP contribution in [0.1, 0.15) is 99.8 Å². The smallest absolute Gasteiger partial charge is 0.151 e. The van der Waals surface area contributed by atoms with E-state index in [1.807, 2.05) is 0 Å². The number of nitrogens with zero attached hydrogens (tertiary/aromatic N) is 1. The number of hydrogen-bond donors (Lipinski definition) is 0. The third-order valence-electron chi connectivity index (χ3n) is 7.49. The first kappa shape index (κ1) is 20.4. The molecule has 0 saturated heterocycles. The molecule has 29 heavy (non-hydrogen) atoms. The van der Waals surface area contributed by atoms with Crippen LogP contribution >= 0.6 is 0 Å². The van der Waals surface area contributed by atoms with Gasteiger partial charge in [0.1, 0.15) is 0 Å². The molecule has 0 atom stereocenters. The molecular weight excluding hydrogens is 354 g/mol. The molecule has 4 rings (SSSR count). The van der Waals surface area contributed by atoms with Crippen molar-refractivity contribution < 1.29 is 4.79 Å². The summed E-state index contributed by atoms with van der Waals surface area (Å²) in [4.78, 5) is 11.8. The van der Waals surface area contributed by atoms with Crippen LogP contribution in [-0.4, -0.2) is 10.9 Å². The Bertz CT molecular complexity index is 878. The van der Waals surface area contributed by atoms with E-state index in [9.17, 15) is 4.79 Å². The number of carbonyl (C=O) groups is 1. The minimum atomic E-state index is 0.110. The topological polar surface area (TPSA) is 22.0 Å². The van der Waals surface area contributed by atoms with Crippen LogP contribution in [0.15, 0.2) is 24.3 Å². The molecule has 2 saturated carbocycles. The Morgan fingerprint density at radius 2 is 1.76 bits per heavy atom. The second-order valence-corrected chi connectivity index (χ2v) is 10.9. The van der Waals surface area contributed by atoms with E-state index < -0.39 is 0 Å². The van der Waals surface area contributed by atoms with E-state index in [1.165, 1.54) is 67.3 Å². The highest BCUT2D eigenvalue weighted by atomic mass is 16.1. The second-order valence-electron chi connectivity index (χ2n) is 10.9. The zero-order valence-electron chi connectivity index (χ0n) is 19.0. The molecule has 0 spiro atoms. The van der Waals surface area contributed by atoms with Gasteiger partial charge in [-0.05, 0) is 84.2 Å². The largest absolute Gasteiger partial charge is 0.344 e. The fourth-order valence-corrected chi connectivity index (χ4v) is 4.92. The maximum Gasteiger partial charge on any atom is 0.151 e. The van der Waals surface area contributed by atoms with Crippen LogP contribution in [-0.2, 0) is 17.4 Å². The van der Waals surface area contributed by atoms with Crippen molar-refractivity contribution in [1.29, 1.82) is 0 Å². The molecule has 1 aromatic heterocycles. The van der Waals surface area contributed by atoms with Crippen LogP contribution in [0.25, 0.3) is 11.3 Å². The second kappa shape index (κ2) is 7.45. The molecule has 0 radical (unpaired) electrons. The minimum Gasteiger partial charge on any atom is -0.344 e. The summed E-state index contributed by atoms with van der Waals surface area (Å²) in [7, 11) is 0. The molecule has 0 amide bonds. The highest BCUT2D eigenvalue weighted by molar-refractivity contribution is 5.81. The molecular formula is C27H37NO. The van der Waals surface area contributed by atoms with Crippen LogP contribution in [0.5, 0.6) is 0 Å². The van der Waals surface area contributed by atoms with Gasteiger partial charge < -0.3 is 4.57 Å². The quantitative estimate of drug-likeness (QED) is 0.494. The van der Waals surface area contributed by atoms with Gasteiger partial charge in [0, 0.05) is 23.5 Å². The number of aldehydes is 1. The van der Waals surface area contributed by atoms with Crippen LogP contribution in [0.3, 0.4) is 0 Å². The van der Waals surface area contributed by atoms with E-state index in [4.69, 9.17) is 0 Å². The van der Waals surface area contributed by atoms with Crippen molar-refractivity contribution in [3.8, 4) is 11.3 Å². The molecule has 2 aromatic rings. The Hall–Kier alpha value is -1.83.